The Bertz CT molecular complexity index is 1280. The van der Waals surface area contributed by atoms with Gasteiger partial charge in [-0.25, -0.2) is 0 Å². The number of nitrogens with zero attached hydrogens (tertiary/aromatic N) is 5. The van der Waals surface area contributed by atoms with Crippen LogP contribution in [-0.2, 0) is 6.42 Å². The Morgan fingerprint density at radius 3 is 2.81 bits per heavy atom. The third-order valence-corrected chi connectivity index (χ3v) is 5.40. The molecule has 0 saturated carbocycles. The third kappa shape index (κ3) is 4.08. The zero-order valence-corrected chi connectivity index (χ0v) is 17.5. The van der Waals surface area contributed by atoms with E-state index in [1.54, 1.807) is 29.6 Å². The largest absolute Gasteiger partial charge is 0.487 e. The highest BCUT2D eigenvalue weighted by Crippen LogP contribution is 2.30. The summed E-state index contributed by atoms with van der Waals surface area (Å²) in [5, 5.41) is 27.6. The Balaban J connectivity index is 1.58. The Kier molecular flexibility index (Phi) is 5.58. The van der Waals surface area contributed by atoms with Crippen molar-refractivity contribution in [3.63, 3.8) is 0 Å². The molecule has 0 atom stereocenters. The molecule has 2 aromatic carbocycles. The molecule has 0 aliphatic heterocycles. The SMILES string of the molecule is CCOc1ccc(C(=O)Nc2cccc(-c3nn4c(CC)nnc4s3)c2)cc1[N+](=O)[O-]. The topological polar surface area (TPSA) is 125 Å². The van der Waals surface area contributed by atoms with E-state index in [1.165, 1.54) is 29.5 Å². The van der Waals surface area contributed by atoms with Gasteiger partial charge in [-0.3, -0.25) is 14.9 Å². The summed E-state index contributed by atoms with van der Waals surface area (Å²) in [4.78, 5) is 24.1. The second-order valence-electron chi connectivity index (χ2n) is 6.48. The smallest absolute Gasteiger partial charge is 0.311 e. The fourth-order valence-electron chi connectivity index (χ4n) is 3.01. The lowest BCUT2D eigenvalue weighted by Gasteiger charge is -2.08. The first-order valence-corrected chi connectivity index (χ1v) is 10.4. The minimum absolute atomic E-state index is 0.126. The summed E-state index contributed by atoms with van der Waals surface area (Å²) in [5.74, 6) is 0.439. The van der Waals surface area contributed by atoms with E-state index in [-0.39, 0.29) is 23.6 Å². The van der Waals surface area contributed by atoms with Gasteiger partial charge in [-0.1, -0.05) is 30.4 Å². The maximum atomic E-state index is 12.7. The van der Waals surface area contributed by atoms with E-state index < -0.39 is 10.8 Å². The van der Waals surface area contributed by atoms with Gasteiger partial charge in [0.2, 0.25) is 4.96 Å². The molecule has 0 bridgehead atoms. The zero-order valence-electron chi connectivity index (χ0n) is 16.7. The molecule has 0 aliphatic carbocycles. The second-order valence-corrected chi connectivity index (χ2v) is 7.43. The molecule has 2 aromatic heterocycles. The standard InChI is InChI=1S/C20H18N6O4S/c1-3-17-22-23-20-25(17)24-19(31-20)13-6-5-7-14(10-13)21-18(27)12-8-9-16(30-4-2)15(11-12)26(28)29/h5-11H,3-4H2,1-2H3,(H,21,27). The quantitative estimate of drug-likeness (QED) is 0.342. The molecule has 10 nitrogen and oxygen atoms in total. The summed E-state index contributed by atoms with van der Waals surface area (Å²) in [5.41, 5.74) is 1.26. The molecule has 0 radical (unpaired) electrons. The molecule has 31 heavy (non-hydrogen) atoms. The van der Waals surface area contributed by atoms with E-state index in [0.29, 0.717) is 17.1 Å². The number of benzene rings is 2. The van der Waals surface area contributed by atoms with Crippen LogP contribution in [0.1, 0.15) is 30.0 Å². The van der Waals surface area contributed by atoms with Gasteiger partial charge in [-0.15, -0.1) is 10.2 Å². The van der Waals surface area contributed by atoms with Gasteiger partial charge in [0.1, 0.15) is 5.01 Å². The van der Waals surface area contributed by atoms with E-state index in [2.05, 4.69) is 20.6 Å². The normalized spacial score (nSPS) is 10.9. The van der Waals surface area contributed by atoms with Crippen molar-refractivity contribution < 1.29 is 14.5 Å². The highest BCUT2D eigenvalue weighted by atomic mass is 32.1. The first kappa shape index (κ1) is 20.4. The van der Waals surface area contributed by atoms with E-state index in [9.17, 15) is 14.9 Å². The third-order valence-electron chi connectivity index (χ3n) is 4.46. The predicted molar refractivity (Wildman–Crippen MR) is 116 cm³/mol. The Labute approximate surface area is 180 Å². The van der Waals surface area contributed by atoms with Gasteiger partial charge in [0.05, 0.1) is 11.5 Å². The van der Waals surface area contributed by atoms with Crippen molar-refractivity contribution in [1.29, 1.82) is 0 Å². The van der Waals surface area contributed by atoms with E-state index in [4.69, 9.17) is 4.74 Å². The lowest BCUT2D eigenvalue weighted by Crippen LogP contribution is -2.12. The van der Waals surface area contributed by atoms with Gasteiger partial charge in [-0.05, 0) is 31.2 Å². The van der Waals surface area contributed by atoms with Gasteiger partial charge in [0, 0.05) is 29.3 Å². The molecule has 0 unspecified atom stereocenters. The van der Waals surface area contributed by atoms with E-state index in [1.807, 2.05) is 13.0 Å². The first-order valence-electron chi connectivity index (χ1n) is 9.54. The number of nitro groups is 1. The van der Waals surface area contributed by atoms with Crippen LogP contribution in [0, 0.1) is 10.1 Å². The fourth-order valence-corrected chi connectivity index (χ4v) is 3.86. The summed E-state index contributed by atoms with van der Waals surface area (Å²) in [6, 6.07) is 11.3. The van der Waals surface area contributed by atoms with Crippen molar-refractivity contribution in [3.05, 3.63) is 64.0 Å². The molecule has 4 aromatic rings. The number of rotatable bonds is 7. The van der Waals surface area contributed by atoms with Crippen molar-refractivity contribution >= 4 is 33.6 Å². The number of carbonyl (C=O) groups excluding carboxylic acids is 1. The maximum absolute atomic E-state index is 12.7. The number of anilines is 1. The summed E-state index contributed by atoms with van der Waals surface area (Å²) < 4.78 is 6.97. The van der Waals surface area contributed by atoms with Crippen LogP contribution in [0.25, 0.3) is 15.5 Å². The number of aryl methyl sites for hydroxylation is 1. The Morgan fingerprint density at radius 1 is 1.23 bits per heavy atom. The molecule has 4 rings (SSSR count). The molecule has 0 spiro atoms. The van der Waals surface area contributed by atoms with Crippen LogP contribution < -0.4 is 10.1 Å². The van der Waals surface area contributed by atoms with E-state index in [0.717, 1.165) is 16.4 Å². The van der Waals surface area contributed by atoms with Crippen LogP contribution in [0.15, 0.2) is 42.5 Å². The lowest BCUT2D eigenvalue weighted by atomic mass is 10.1. The minimum Gasteiger partial charge on any atom is -0.487 e. The van der Waals surface area contributed by atoms with Crippen LogP contribution in [0.5, 0.6) is 5.75 Å². The van der Waals surface area contributed by atoms with Crippen LogP contribution in [0.2, 0.25) is 0 Å². The number of carbonyl (C=O) groups is 1. The number of nitro benzene ring substituents is 1. The second kappa shape index (κ2) is 8.48. The molecular formula is C20H18N6O4S. The molecule has 0 fully saturated rings. The number of aromatic nitrogens is 4. The summed E-state index contributed by atoms with van der Waals surface area (Å²) >= 11 is 1.40. The van der Waals surface area contributed by atoms with Crippen molar-refractivity contribution in [2.45, 2.75) is 20.3 Å². The van der Waals surface area contributed by atoms with Gasteiger partial charge in [0.25, 0.3) is 5.91 Å². The van der Waals surface area contributed by atoms with Crippen molar-refractivity contribution in [3.8, 4) is 16.3 Å². The fraction of sp³-hybridized carbons (Fsp3) is 0.200. The summed E-state index contributed by atoms with van der Waals surface area (Å²) in [6.07, 6.45) is 0.717. The maximum Gasteiger partial charge on any atom is 0.311 e. The first-order chi connectivity index (χ1) is 15.0. The highest BCUT2D eigenvalue weighted by molar-refractivity contribution is 7.19. The number of ether oxygens (including phenoxy) is 1. The van der Waals surface area contributed by atoms with Crippen LogP contribution in [0.4, 0.5) is 11.4 Å². The average Bonchev–Trinajstić information content (AvgIpc) is 3.35. The molecule has 11 heteroatoms. The van der Waals surface area contributed by atoms with Gasteiger partial charge >= 0.3 is 5.69 Å². The average molecular weight is 438 g/mol. The molecule has 0 aliphatic rings. The van der Waals surface area contributed by atoms with E-state index >= 15 is 0 Å². The van der Waals surface area contributed by atoms with Gasteiger partial charge < -0.3 is 10.1 Å². The lowest BCUT2D eigenvalue weighted by molar-refractivity contribution is -0.385. The molecule has 0 saturated heterocycles. The van der Waals surface area contributed by atoms with Crippen molar-refractivity contribution in [2.75, 3.05) is 11.9 Å². The Morgan fingerprint density at radius 2 is 2.06 bits per heavy atom. The van der Waals surface area contributed by atoms with Crippen LogP contribution in [0.3, 0.4) is 0 Å². The predicted octanol–water partition coefficient (Wildman–Crippen LogP) is 3.97. The molecule has 2 heterocycles. The monoisotopic (exact) mass is 438 g/mol. The molecule has 1 amide bonds. The molecule has 1 N–H and O–H groups in total. The molecule has 158 valence electrons. The Hall–Kier alpha value is -3.86. The molecular weight excluding hydrogens is 420 g/mol. The number of hydrogen-bond donors (Lipinski definition) is 1. The highest BCUT2D eigenvalue weighted by Gasteiger charge is 2.19. The summed E-state index contributed by atoms with van der Waals surface area (Å²) in [7, 11) is 0. The zero-order chi connectivity index (χ0) is 22.0. The minimum atomic E-state index is -0.569. The van der Waals surface area contributed by atoms with Crippen LogP contribution >= 0.6 is 11.3 Å². The van der Waals surface area contributed by atoms with Crippen LogP contribution in [-0.4, -0.2) is 37.2 Å². The van der Waals surface area contributed by atoms with Crippen molar-refractivity contribution in [1.82, 2.24) is 19.8 Å². The van der Waals surface area contributed by atoms with Crippen molar-refractivity contribution in [2.24, 2.45) is 0 Å². The number of nitrogens with one attached hydrogen (secondary N) is 1. The summed E-state index contributed by atoms with van der Waals surface area (Å²) in [6.45, 7) is 4.00. The number of hydrogen-bond acceptors (Lipinski definition) is 8. The van der Waals surface area contributed by atoms with Gasteiger partial charge in [-0.2, -0.15) is 9.61 Å². The van der Waals surface area contributed by atoms with Gasteiger partial charge in [0.15, 0.2) is 11.6 Å². The number of amides is 1. The number of fused-ring (bicyclic) bond motifs is 1.